The highest BCUT2D eigenvalue weighted by atomic mass is 35.5. The smallest absolute Gasteiger partial charge is 0.148 e. The number of piperazine rings is 1. The van der Waals surface area contributed by atoms with Crippen molar-refractivity contribution in [3.63, 3.8) is 0 Å². The summed E-state index contributed by atoms with van der Waals surface area (Å²) in [6.45, 7) is 5.84. The van der Waals surface area contributed by atoms with Crippen LogP contribution in [0, 0.1) is 5.82 Å². The van der Waals surface area contributed by atoms with E-state index < -0.39 is 0 Å². The zero-order valence-electron chi connectivity index (χ0n) is 12.2. The van der Waals surface area contributed by atoms with Gasteiger partial charge < -0.3 is 5.32 Å². The van der Waals surface area contributed by atoms with Crippen molar-refractivity contribution >= 4 is 35.6 Å². The summed E-state index contributed by atoms with van der Waals surface area (Å²) in [5.74, 6) is -0.362. The largest absolute Gasteiger partial charge is 0.314 e. The van der Waals surface area contributed by atoms with Gasteiger partial charge in [0.2, 0.25) is 0 Å². The van der Waals surface area contributed by atoms with Crippen LogP contribution in [0.3, 0.4) is 0 Å². The Kier molecular flexibility index (Phi) is 8.28. The Balaban J connectivity index is 0.00000220. The molecule has 2 nitrogen and oxygen atoms in total. The van der Waals surface area contributed by atoms with E-state index in [0.717, 1.165) is 45.4 Å². The molecule has 120 valence electrons. The lowest BCUT2D eigenvalue weighted by molar-refractivity contribution is 0.160. The van der Waals surface area contributed by atoms with E-state index in [1.165, 1.54) is 6.07 Å². The molecule has 1 atom stereocenters. The molecule has 1 N–H and O–H groups in total. The van der Waals surface area contributed by atoms with Gasteiger partial charge in [0.25, 0.3) is 0 Å². The van der Waals surface area contributed by atoms with Crippen molar-refractivity contribution in [2.45, 2.75) is 32.2 Å². The highest BCUT2D eigenvalue weighted by Crippen LogP contribution is 2.36. The van der Waals surface area contributed by atoms with Gasteiger partial charge in [-0.1, -0.05) is 43.0 Å². The van der Waals surface area contributed by atoms with Crippen LogP contribution in [0.25, 0.3) is 0 Å². The maximum absolute atomic E-state index is 14.4. The number of nitrogens with one attached hydrogen (secondary N) is 1. The number of hydrogen-bond acceptors (Lipinski definition) is 2. The fourth-order valence-corrected chi connectivity index (χ4v) is 3.19. The van der Waals surface area contributed by atoms with E-state index in [1.807, 2.05) is 0 Å². The van der Waals surface area contributed by atoms with E-state index in [2.05, 4.69) is 17.1 Å². The van der Waals surface area contributed by atoms with Gasteiger partial charge in [0.05, 0.1) is 5.02 Å². The van der Waals surface area contributed by atoms with Gasteiger partial charge in [-0.05, 0) is 18.6 Å². The summed E-state index contributed by atoms with van der Waals surface area (Å²) >= 11 is 12.2. The molecule has 0 bridgehead atoms. The lowest BCUT2D eigenvalue weighted by Crippen LogP contribution is -2.45. The van der Waals surface area contributed by atoms with Crippen molar-refractivity contribution in [2.75, 3.05) is 26.2 Å². The van der Waals surface area contributed by atoms with E-state index in [0.29, 0.717) is 10.6 Å². The number of nitrogens with zero attached hydrogens (tertiary/aromatic N) is 1. The number of hydrogen-bond donors (Lipinski definition) is 1. The fraction of sp³-hybridized carbons (Fsp3) is 0.600. The van der Waals surface area contributed by atoms with Gasteiger partial charge in [-0.25, -0.2) is 4.39 Å². The Bertz CT molecular complexity index is 451. The molecule has 0 radical (unpaired) electrons. The molecule has 0 aliphatic carbocycles. The summed E-state index contributed by atoms with van der Waals surface area (Å²) in [5.41, 5.74) is 0.564. The Hall–Kier alpha value is -0.0600. The highest BCUT2D eigenvalue weighted by Gasteiger charge is 2.27. The van der Waals surface area contributed by atoms with Gasteiger partial charge in [0.15, 0.2) is 0 Å². The maximum Gasteiger partial charge on any atom is 0.148 e. The average Bonchev–Trinajstić information content (AvgIpc) is 2.47. The molecule has 0 spiro atoms. The Labute approximate surface area is 142 Å². The number of benzene rings is 1. The topological polar surface area (TPSA) is 15.3 Å². The first-order valence-corrected chi connectivity index (χ1v) is 7.99. The molecule has 1 aliphatic rings. The quantitative estimate of drug-likeness (QED) is 0.771. The summed E-state index contributed by atoms with van der Waals surface area (Å²) in [6.07, 6.45) is 3.05. The number of halogens is 4. The van der Waals surface area contributed by atoms with Gasteiger partial charge in [-0.2, -0.15) is 0 Å². The fourth-order valence-electron chi connectivity index (χ4n) is 2.75. The van der Waals surface area contributed by atoms with E-state index in [4.69, 9.17) is 23.2 Å². The third-order valence-corrected chi connectivity index (χ3v) is 4.46. The van der Waals surface area contributed by atoms with Gasteiger partial charge in [-0.15, -0.1) is 12.4 Å². The van der Waals surface area contributed by atoms with Crippen molar-refractivity contribution in [1.29, 1.82) is 0 Å². The predicted molar refractivity (Wildman–Crippen MR) is 90.4 cm³/mol. The van der Waals surface area contributed by atoms with Gasteiger partial charge in [0.1, 0.15) is 5.82 Å². The van der Waals surface area contributed by atoms with Gasteiger partial charge >= 0.3 is 0 Å². The number of unbranched alkanes of at least 4 members (excludes halogenated alkanes) is 1. The van der Waals surface area contributed by atoms with Crippen molar-refractivity contribution in [2.24, 2.45) is 0 Å². The minimum Gasteiger partial charge on any atom is -0.314 e. The summed E-state index contributed by atoms with van der Waals surface area (Å²) in [6, 6.07) is 3.24. The Morgan fingerprint density at radius 2 is 1.86 bits per heavy atom. The molecule has 0 amide bonds. The summed E-state index contributed by atoms with van der Waals surface area (Å²) in [5, 5.41) is 3.96. The van der Waals surface area contributed by atoms with E-state index in [1.54, 1.807) is 6.07 Å². The maximum atomic E-state index is 14.4. The van der Waals surface area contributed by atoms with Crippen molar-refractivity contribution in [1.82, 2.24) is 10.2 Å². The zero-order chi connectivity index (χ0) is 14.5. The summed E-state index contributed by atoms with van der Waals surface area (Å²) < 4.78 is 14.4. The second-order valence-electron chi connectivity index (χ2n) is 5.20. The standard InChI is InChI=1S/C15H21Cl2FN2.ClH/c1-2-3-4-13(20-9-7-19-8-10-20)14-11(16)5-6-12(17)15(14)18;/h5-6,13,19H,2-4,7-10H2,1H3;1H/t13-;/m0./s1. The molecule has 6 heteroatoms. The summed E-state index contributed by atoms with van der Waals surface area (Å²) in [4.78, 5) is 2.31. The monoisotopic (exact) mass is 354 g/mol. The second-order valence-corrected chi connectivity index (χ2v) is 6.02. The lowest BCUT2D eigenvalue weighted by Gasteiger charge is -2.36. The first kappa shape index (κ1) is 19.0. The Morgan fingerprint density at radius 3 is 2.48 bits per heavy atom. The van der Waals surface area contributed by atoms with Crippen LogP contribution in [0.15, 0.2) is 12.1 Å². The highest BCUT2D eigenvalue weighted by molar-refractivity contribution is 6.33. The van der Waals surface area contributed by atoms with Gasteiger partial charge in [-0.3, -0.25) is 4.90 Å². The van der Waals surface area contributed by atoms with Gasteiger partial charge in [0, 0.05) is 42.8 Å². The zero-order valence-corrected chi connectivity index (χ0v) is 14.5. The van der Waals surface area contributed by atoms with E-state index in [9.17, 15) is 4.39 Å². The van der Waals surface area contributed by atoms with Crippen LogP contribution in [0.5, 0.6) is 0 Å². The minimum absolute atomic E-state index is 0. The normalized spacial score (nSPS) is 17.3. The van der Waals surface area contributed by atoms with E-state index >= 15 is 0 Å². The molecule has 1 saturated heterocycles. The predicted octanol–water partition coefficient (Wildman–Crippen LogP) is 4.69. The summed E-state index contributed by atoms with van der Waals surface area (Å²) in [7, 11) is 0. The molecule has 1 heterocycles. The third-order valence-electron chi connectivity index (χ3n) is 3.84. The van der Waals surface area contributed by atoms with E-state index in [-0.39, 0.29) is 29.3 Å². The third kappa shape index (κ3) is 4.70. The second kappa shape index (κ2) is 9.16. The van der Waals surface area contributed by atoms with Crippen LogP contribution in [0.1, 0.15) is 37.8 Å². The van der Waals surface area contributed by atoms with Crippen LogP contribution in [-0.2, 0) is 0 Å². The molecular weight excluding hydrogens is 334 g/mol. The first-order valence-electron chi connectivity index (χ1n) is 7.23. The average molecular weight is 356 g/mol. The molecule has 0 aromatic heterocycles. The van der Waals surface area contributed by atoms with Crippen molar-refractivity contribution in [3.05, 3.63) is 33.6 Å². The Morgan fingerprint density at radius 1 is 1.24 bits per heavy atom. The number of rotatable bonds is 5. The molecule has 21 heavy (non-hydrogen) atoms. The van der Waals surface area contributed by atoms with Crippen LogP contribution in [0.4, 0.5) is 4.39 Å². The van der Waals surface area contributed by atoms with Crippen molar-refractivity contribution < 1.29 is 4.39 Å². The molecule has 0 saturated carbocycles. The lowest BCUT2D eigenvalue weighted by atomic mass is 9.98. The molecule has 1 fully saturated rings. The van der Waals surface area contributed by atoms with Crippen LogP contribution in [0.2, 0.25) is 10.0 Å². The van der Waals surface area contributed by atoms with Crippen LogP contribution in [-0.4, -0.2) is 31.1 Å². The van der Waals surface area contributed by atoms with Crippen LogP contribution < -0.4 is 5.32 Å². The molecule has 2 rings (SSSR count). The van der Waals surface area contributed by atoms with Crippen molar-refractivity contribution in [3.8, 4) is 0 Å². The molecule has 1 aliphatic heterocycles. The molecule has 1 aromatic carbocycles. The molecule has 1 aromatic rings. The first-order chi connectivity index (χ1) is 9.65. The van der Waals surface area contributed by atoms with Crippen LogP contribution >= 0.6 is 35.6 Å². The molecular formula is C15H22Cl3FN2. The minimum atomic E-state index is -0.362. The molecule has 0 unspecified atom stereocenters. The SMILES string of the molecule is CCCC[C@@H](c1c(Cl)ccc(Cl)c1F)N1CCNCC1.Cl.